The van der Waals surface area contributed by atoms with Crippen molar-refractivity contribution in [3.63, 3.8) is 0 Å². The number of amides is 1. The molecule has 6 heteroatoms. The van der Waals surface area contributed by atoms with Crippen molar-refractivity contribution in [2.75, 3.05) is 16.8 Å². The SMILES string of the molecule is CCC/C=C/CN1C(=O)c2ccccc2Sc2cc(Nc3ncccc3C#N)ccc21. The summed E-state index contributed by atoms with van der Waals surface area (Å²) in [6.45, 7) is 2.66. The van der Waals surface area contributed by atoms with E-state index in [0.717, 1.165) is 34.0 Å². The number of hydrogen-bond acceptors (Lipinski definition) is 5. The molecule has 0 saturated carbocycles. The van der Waals surface area contributed by atoms with E-state index in [9.17, 15) is 10.1 Å². The van der Waals surface area contributed by atoms with E-state index in [4.69, 9.17) is 0 Å². The van der Waals surface area contributed by atoms with Crippen LogP contribution < -0.4 is 10.2 Å². The number of unbranched alkanes of at least 4 members (excludes halogenated alkanes) is 1. The van der Waals surface area contributed by atoms with E-state index in [-0.39, 0.29) is 5.91 Å². The van der Waals surface area contributed by atoms with Crippen LogP contribution in [0.4, 0.5) is 17.2 Å². The summed E-state index contributed by atoms with van der Waals surface area (Å²) in [4.78, 5) is 21.4. The Balaban J connectivity index is 1.73. The van der Waals surface area contributed by atoms with Gasteiger partial charge in [-0.1, -0.05) is 49.4 Å². The average Bonchev–Trinajstić information content (AvgIpc) is 2.91. The highest BCUT2D eigenvalue weighted by molar-refractivity contribution is 7.99. The molecular formula is C25H22N4OS. The molecule has 1 aliphatic rings. The van der Waals surface area contributed by atoms with Crippen molar-refractivity contribution in [1.29, 1.82) is 5.26 Å². The fourth-order valence-corrected chi connectivity index (χ4v) is 4.50. The van der Waals surface area contributed by atoms with Crippen LogP contribution in [0.2, 0.25) is 0 Å². The number of nitriles is 1. The van der Waals surface area contributed by atoms with Gasteiger partial charge < -0.3 is 10.2 Å². The van der Waals surface area contributed by atoms with Crippen LogP contribution in [0.1, 0.15) is 35.7 Å². The number of fused-ring (bicyclic) bond motifs is 2. The quantitative estimate of drug-likeness (QED) is 0.478. The van der Waals surface area contributed by atoms with Crippen LogP contribution >= 0.6 is 11.8 Å². The van der Waals surface area contributed by atoms with Gasteiger partial charge in [0.15, 0.2) is 0 Å². The van der Waals surface area contributed by atoms with Gasteiger partial charge in [-0.05, 0) is 48.9 Å². The molecule has 2 aromatic carbocycles. The minimum atomic E-state index is 0.000186. The van der Waals surface area contributed by atoms with Gasteiger partial charge in [-0.25, -0.2) is 4.98 Å². The first-order chi connectivity index (χ1) is 15.2. The molecule has 3 aromatic rings. The molecule has 0 unspecified atom stereocenters. The molecular weight excluding hydrogens is 404 g/mol. The fourth-order valence-electron chi connectivity index (χ4n) is 3.38. The van der Waals surface area contributed by atoms with Gasteiger partial charge in [0.25, 0.3) is 5.91 Å². The number of carbonyl (C=O) groups is 1. The van der Waals surface area contributed by atoms with Gasteiger partial charge in [0, 0.05) is 28.2 Å². The highest BCUT2D eigenvalue weighted by Gasteiger charge is 2.26. The zero-order chi connectivity index (χ0) is 21.6. The van der Waals surface area contributed by atoms with Crippen molar-refractivity contribution in [3.8, 4) is 6.07 Å². The number of allylic oxidation sites excluding steroid dienone is 1. The predicted octanol–water partition coefficient (Wildman–Crippen LogP) is 6.16. The molecule has 0 aliphatic carbocycles. The molecule has 0 spiro atoms. The molecule has 1 amide bonds. The summed E-state index contributed by atoms with van der Waals surface area (Å²) in [6, 6.07) is 19.2. The molecule has 0 saturated heterocycles. The third-order valence-corrected chi connectivity index (χ3v) is 6.06. The van der Waals surface area contributed by atoms with Gasteiger partial charge in [-0.3, -0.25) is 4.79 Å². The summed E-state index contributed by atoms with van der Waals surface area (Å²) in [7, 11) is 0. The number of aromatic nitrogens is 1. The van der Waals surface area contributed by atoms with Crippen LogP contribution in [0.5, 0.6) is 0 Å². The Morgan fingerprint density at radius 2 is 2.00 bits per heavy atom. The molecule has 154 valence electrons. The predicted molar refractivity (Wildman–Crippen MR) is 125 cm³/mol. The van der Waals surface area contributed by atoms with Gasteiger partial charge in [0.1, 0.15) is 11.9 Å². The zero-order valence-electron chi connectivity index (χ0n) is 17.2. The summed E-state index contributed by atoms with van der Waals surface area (Å²) < 4.78 is 0. The smallest absolute Gasteiger partial charge is 0.259 e. The first-order valence-corrected chi connectivity index (χ1v) is 11.0. The molecule has 1 aromatic heterocycles. The number of nitrogens with zero attached hydrogens (tertiary/aromatic N) is 3. The lowest BCUT2D eigenvalue weighted by molar-refractivity contribution is 0.0987. The lowest BCUT2D eigenvalue weighted by Gasteiger charge is -2.22. The number of rotatable bonds is 6. The molecule has 4 rings (SSSR count). The summed E-state index contributed by atoms with van der Waals surface area (Å²) in [5.41, 5.74) is 2.88. The lowest BCUT2D eigenvalue weighted by atomic mass is 10.1. The monoisotopic (exact) mass is 426 g/mol. The summed E-state index contributed by atoms with van der Waals surface area (Å²) in [6.07, 6.45) is 7.91. The van der Waals surface area contributed by atoms with Crippen LogP contribution in [0.3, 0.4) is 0 Å². The fraction of sp³-hybridized carbons (Fsp3) is 0.160. The number of anilines is 3. The molecule has 0 bridgehead atoms. The maximum Gasteiger partial charge on any atom is 0.259 e. The molecule has 0 radical (unpaired) electrons. The Bertz CT molecular complexity index is 1180. The number of carbonyl (C=O) groups excluding carboxylic acids is 1. The molecule has 2 heterocycles. The molecule has 0 fully saturated rings. The second-order valence-electron chi connectivity index (χ2n) is 7.09. The van der Waals surface area contributed by atoms with E-state index in [1.54, 1.807) is 30.1 Å². The Kier molecular flexibility index (Phi) is 6.34. The number of benzene rings is 2. The Labute approximate surface area is 186 Å². The van der Waals surface area contributed by atoms with Crippen LogP contribution in [0.25, 0.3) is 0 Å². The first kappa shape index (κ1) is 20.7. The summed E-state index contributed by atoms with van der Waals surface area (Å²) >= 11 is 1.58. The largest absolute Gasteiger partial charge is 0.339 e. The van der Waals surface area contributed by atoms with E-state index in [1.807, 2.05) is 47.4 Å². The van der Waals surface area contributed by atoms with E-state index in [1.165, 1.54) is 0 Å². The van der Waals surface area contributed by atoms with Crippen molar-refractivity contribution < 1.29 is 4.79 Å². The Hall–Kier alpha value is -3.56. The third-order valence-electron chi connectivity index (χ3n) is 4.93. The topological polar surface area (TPSA) is 69.0 Å². The first-order valence-electron chi connectivity index (χ1n) is 10.2. The van der Waals surface area contributed by atoms with Crippen LogP contribution in [-0.2, 0) is 0 Å². The Morgan fingerprint density at radius 3 is 2.84 bits per heavy atom. The minimum absolute atomic E-state index is 0.000186. The highest BCUT2D eigenvalue weighted by atomic mass is 32.2. The normalized spacial score (nSPS) is 12.8. The van der Waals surface area contributed by atoms with E-state index >= 15 is 0 Å². The van der Waals surface area contributed by atoms with Gasteiger partial charge in [-0.15, -0.1) is 0 Å². The highest BCUT2D eigenvalue weighted by Crippen LogP contribution is 2.42. The molecule has 1 aliphatic heterocycles. The number of nitrogens with one attached hydrogen (secondary N) is 1. The number of hydrogen-bond donors (Lipinski definition) is 1. The standard InChI is InChI=1S/C25H22N4OS/c1-2-3-4-7-15-29-21-13-12-19(28-24-18(17-26)9-8-14-27-24)16-23(21)31-22-11-6-5-10-20(22)25(29)30/h4-14,16H,2-3,15H2,1H3,(H,27,28)/b7-4+. The number of pyridine rings is 1. The molecule has 5 nitrogen and oxygen atoms in total. The lowest BCUT2D eigenvalue weighted by Crippen LogP contribution is -2.31. The Morgan fingerprint density at radius 1 is 1.13 bits per heavy atom. The van der Waals surface area contributed by atoms with E-state index in [0.29, 0.717) is 23.5 Å². The molecule has 31 heavy (non-hydrogen) atoms. The maximum atomic E-state index is 13.3. The van der Waals surface area contributed by atoms with Crippen molar-refractivity contribution in [2.24, 2.45) is 0 Å². The van der Waals surface area contributed by atoms with Gasteiger partial charge in [0.05, 0.1) is 16.8 Å². The van der Waals surface area contributed by atoms with Crippen LogP contribution in [-0.4, -0.2) is 17.4 Å². The second-order valence-corrected chi connectivity index (χ2v) is 8.18. The second kappa shape index (κ2) is 9.50. The van der Waals surface area contributed by atoms with Crippen LogP contribution in [0.15, 0.2) is 82.7 Å². The maximum absolute atomic E-state index is 13.3. The van der Waals surface area contributed by atoms with Gasteiger partial charge in [0.2, 0.25) is 0 Å². The average molecular weight is 427 g/mol. The van der Waals surface area contributed by atoms with Crippen molar-refractivity contribution >= 4 is 34.9 Å². The molecule has 0 atom stereocenters. The van der Waals surface area contributed by atoms with Gasteiger partial charge >= 0.3 is 0 Å². The van der Waals surface area contributed by atoms with E-state index < -0.39 is 0 Å². The minimum Gasteiger partial charge on any atom is -0.339 e. The zero-order valence-corrected chi connectivity index (χ0v) is 18.0. The summed E-state index contributed by atoms with van der Waals surface area (Å²) in [5.74, 6) is 0.514. The molecule has 1 N–H and O–H groups in total. The third kappa shape index (κ3) is 4.47. The van der Waals surface area contributed by atoms with E-state index in [2.05, 4.69) is 35.4 Å². The van der Waals surface area contributed by atoms with Crippen LogP contribution in [0, 0.1) is 11.3 Å². The van der Waals surface area contributed by atoms with Crippen molar-refractivity contribution in [3.05, 3.63) is 84.1 Å². The summed E-state index contributed by atoms with van der Waals surface area (Å²) in [5, 5.41) is 12.6. The van der Waals surface area contributed by atoms with Gasteiger partial charge in [-0.2, -0.15) is 5.26 Å². The van der Waals surface area contributed by atoms with Crippen molar-refractivity contribution in [1.82, 2.24) is 4.98 Å². The van der Waals surface area contributed by atoms with Crippen molar-refractivity contribution in [2.45, 2.75) is 29.6 Å².